The zero-order valence-electron chi connectivity index (χ0n) is 14.8. The van der Waals surface area contributed by atoms with Gasteiger partial charge in [-0.05, 0) is 49.2 Å². The van der Waals surface area contributed by atoms with Gasteiger partial charge in [0.25, 0.3) is 5.91 Å². The van der Waals surface area contributed by atoms with Gasteiger partial charge in [0.15, 0.2) is 9.84 Å². The summed E-state index contributed by atoms with van der Waals surface area (Å²) in [6.45, 7) is 1.35. The number of aryl methyl sites for hydroxylation is 1. The number of unbranched alkanes of at least 4 members (excludes halogenated alkanes) is 2. The molecule has 0 bridgehead atoms. The van der Waals surface area contributed by atoms with E-state index in [4.69, 9.17) is 13.1 Å². The van der Waals surface area contributed by atoms with Crippen molar-refractivity contribution >= 4 is 51.0 Å². The zero-order valence-corrected chi connectivity index (χ0v) is 17.3. The molecular weight excluding hydrogens is 389 g/mol. The number of amides is 1. The quantitative estimate of drug-likeness (QED) is 0.288. The van der Waals surface area contributed by atoms with Crippen molar-refractivity contribution in [1.82, 2.24) is 5.48 Å². The van der Waals surface area contributed by atoms with Crippen molar-refractivity contribution in [1.29, 1.82) is 0 Å². The number of rotatable bonds is 9. The first-order valence-corrected chi connectivity index (χ1v) is 11.8. The summed E-state index contributed by atoms with van der Waals surface area (Å²) in [5, 5.41) is 8.81. The summed E-state index contributed by atoms with van der Waals surface area (Å²) in [5.74, 6) is -0.877. The van der Waals surface area contributed by atoms with Crippen LogP contribution < -0.4 is 10.3 Å². The molecule has 1 amide bonds. The summed E-state index contributed by atoms with van der Waals surface area (Å²) >= 11 is 3.31. The van der Waals surface area contributed by atoms with Crippen molar-refractivity contribution in [2.24, 2.45) is 0 Å². The molecule has 2 aromatic heterocycles. The lowest BCUT2D eigenvalue weighted by Gasteiger charge is -2.24. The van der Waals surface area contributed by atoms with Crippen LogP contribution in [0.15, 0.2) is 24.3 Å². The lowest BCUT2D eigenvalue weighted by atomic mass is 10.0. The van der Waals surface area contributed by atoms with Gasteiger partial charge < -0.3 is 0 Å². The highest BCUT2D eigenvalue weighted by molar-refractivity contribution is 7.92. The van der Waals surface area contributed by atoms with Crippen molar-refractivity contribution < 1.29 is 18.4 Å². The van der Waals surface area contributed by atoms with Gasteiger partial charge in [-0.2, -0.15) is 11.3 Å². The van der Waals surface area contributed by atoms with Gasteiger partial charge in [0.2, 0.25) is 0 Å². The van der Waals surface area contributed by atoms with Crippen molar-refractivity contribution in [2.45, 2.75) is 43.8 Å². The van der Waals surface area contributed by atoms with Crippen LogP contribution >= 0.6 is 22.7 Å². The molecule has 2 rings (SSSR count). The molecule has 0 aliphatic rings. The summed E-state index contributed by atoms with van der Waals surface area (Å²) in [5.41, 5.74) is 1.47. The Bertz CT molecular complexity index is 859. The minimum Gasteiger partial charge on any atom is -0.289 e. The Balaban J connectivity index is 1.83. The van der Waals surface area contributed by atoms with E-state index < -0.39 is 20.5 Å². The van der Waals surface area contributed by atoms with Crippen molar-refractivity contribution in [3.63, 3.8) is 0 Å². The Kier molecular flexibility index (Phi) is 7.07. The molecule has 2 aromatic rings. The topological polar surface area (TPSA) is 83.5 Å². The molecule has 26 heavy (non-hydrogen) atoms. The third-order valence-corrected chi connectivity index (χ3v) is 8.79. The largest absolute Gasteiger partial charge is 0.289 e. The van der Waals surface area contributed by atoms with E-state index in [0.29, 0.717) is 6.42 Å². The van der Waals surface area contributed by atoms with Crippen LogP contribution in [0.3, 0.4) is 0 Å². The summed E-state index contributed by atoms with van der Waals surface area (Å²) in [4.78, 5) is 15.4. The van der Waals surface area contributed by atoms with Gasteiger partial charge in [-0.1, -0.05) is 18.9 Å². The molecule has 9 heteroatoms. The fraction of sp³-hybridized carbons (Fsp3) is 0.471. The first-order chi connectivity index (χ1) is 12.2. The van der Waals surface area contributed by atoms with E-state index in [1.807, 2.05) is 12.1 Å². The monoisotopic (exact) mass is 411 g/mol. The van der Waals surface area contributed by atoms with Crippen LogP contribution in [0, 0.1) is 0 Å². The summed E-state index contributed by atoms with van der Waals surface area (Å²) in [6.07, 6.45) is 4.43. The SMILES string of the molecule is [B]c1ccc(-c2ccc(CCCCCC(C)(C(=O)NO)S(C)(=O)=O)s2)s1. The van der Waals surface area contributed by atoms with Gasteiger partial charge in [-0.3, -0.25) is 10.0 Å². The van der Waals surface area contributed by atoms with Gasteiger partial charge in [0.1, 0.15) is 12.6 Å². The predicted octanol–water partition coefficient (Wildman–Crippen LogP) is 2.68. The maximum atomic E-state index is 11.9. The van der Waals surface area contributed by atoms with Gasteiger partial charge in [-0.25, -0.2) is 13.9 Å². The molecule has 2 radical (unpaired) electrons. The van der Waals surface area contributed by atoms with Crippen molar-refractivity contribution in [2.75, 3.05) is 6.26 Å². The van der Waals surface area contributed by atoms with Crippen molar-refractivity contribution in [3.05, 3.63) is 29.1 Å². The minimum atomic E-state index is -3.62. The second-order valence-electron chi connectivity index (χ2n) is 6.47. The third kappa shape index (κ3) is 4.97. The number of carbonyl (C=O) groups excluding carboxylic acids is 1. The second-order valence-corrected chi connectivity index (χ2v) is 11.2. The predicted molar refractivity (Wildman–Crippen MR) is 108 cm³/mol. The summed E-state index contributed by atoms with van der Waals surface area (Å²) < 4.78 is 23.0. The van der Waals surface area contributed by atoms with E-state index in [9.17, 15) is 13.2 Å². The smallest absolute Gasteiger partial charge is 0.264 e. The molecule has 0 aromatic carbocycles. The van der Waals surface area contributed by atoms with Crippen LogP contribution in [0.1, 0.15) is 37.5 Å². The van der Waals surface area contributed by atoms with Crippen molar-refractivity contribution in [3.8, 4) is 9.75 Å². The molecule has 0 fully saturated rings. The van der Waals surface area contributed by atoms with E-state index in [0.717, 1.165) is 35.2 Å². The Morgan fingerprint density at radius 3 is 2.38 bits per heavy atom. The molecule has 0 aliphatic carbocycles. The Morgan fingerprint density at radius 1 is 1.15 bits per heavy atom. The van der Waals surface area contributed by atoms with E-state index in [1.165, 1.54) is 22.2 Å². The Morgan fingerprint density at radius 2 is 1.81 bits per heavy atom. The fourth-order valence-corrected chi connectivity index (χ4v) is 5.47. The summed E-state index contributed by atoms with van der Waals surface area (Å²) in [7, 11) is 2.15. The molecule has 0 saturated carbocycles. The third-order valence-electron chi connectivity index (χ3n) is 4.51. The molecule has 1 unspecified atom stereocenters. The van der Waals surface area contributed by atoms with Crippen LogP contribution in [-0.4, -0.2) is 38.4 Å². The second kappa shape index (κ2) is 8.69. The molecule has 2 heterocycles. The first-order valence-electron chi connectivity index (χ1n) is 8.26. The first kappa shape index (κ1) is 21.1. The highest BCUT2D eigenvalue weighted by atomic mass is 32.2. The molecular formula is C17H22BNO4S3. The van der Waals surface area contributed by atoms with E-state index in [-0.39, 0.29) is 6.42 Å². The van der Waals surface area contributed by atoms with E-state index in [1.54, 1.807) is 22.7 Å². The highest BCUT2D eigenvalue weighted by Gasteiger charge is 2.42. The lowest BCUT2D eigenvalue weighted by Crippen LogP contribution is -2.49. The molecule has 0 spiro atoms. The Labute approximate surface area is 163 Å². The van der Waals surface area contributed by atoms with Gasteiger partial charge in [0, 0.05) is 20.9 Å². The highest BCUT2D eigenvalue weighted by Crippen LogP contribution is 2.31. The van der Waals surface area contributed by atoms with E-state index in [2.05, 4.69) is 12.1 Å². The molecule has 0 saturated heterocycles. The van der Waals surface area contributed by atoms with E-state index >= 15 is 0 Å². The molecule has 2 N–H and O–H groups in total. The fourth-order valence-electron chi connectivity index (χ4n) is 2.65. The molecule has 0 aliphatic heterocycles. The normalized spacial score (nSPS) is 14.1. The number of hydroxylamine groups is 1. The molecule has 5 nitrogen and oxygen atoms in total. The zero-order chi connectivity index (χ0) is 19.4. The summed E-state index contributed by atoms with van der Waals surface area (Å²) in [6, 6.07) is 8.13. The van der Waals surface area contributed by atoms with Crippen LogP contribution in [0.4, 0.5) is 0 Å². The standard InChI is InChI=1S/C17H22BNO4S3/c1-17(16(20)19-21,26(2,22)23)11-5-3-4-6-12-7-8-13(24-12)14-9-10-15(18)25-14/h7-10,21H,3-6,11H2,1-2H3,(H,19,20). The average Bonchev–Trinajstić information content (AvgIpc) is 3.21. The molecule has 1 atom stereocenters. The maximum Gasteiger partial charge on any atom is 0.264 e. The van der Waals surface area contributed by atoms with Crippen LogP contribution in [0.25, 0.3) is 9.75 Å². The average molecular weight is 411 g/mol. The lowest BCUT2D eigenvalue weighted by molar-refractivity contribution is -0.131. The number of carbonyl (C=O) groups is 1. The van der Waals surface area contributed by atoms with Gasteiger partial charge in [0.05, 0.1) is 0 Å². The molecule has 140 valence electrons. The number of hydrogen-bond donors (Lipinski definition) is 2. The van der Waals surface area contributed by atoms with Crippen LogP contribution in [0.5, 0.6) is 0 Å². The minimum absolute atomic E-state index is 0.183. The van der Waals surface area contributed by atoms with Crippen LogP contribution in [0.2, 0.25) is 0 Å². The number of thiophene rings is 2. The number of hydrogen-bond acceptors (Lipinski definition) is 6. The van der Waals surface area contributed by atoms with Crippen LogP contribution in [-0.2, 0) is 21.1 Å². The van der Waals surface area contributed by atoms with Gasteiger partial charge in [-0.15, -0.1) is 11.3 Å². The number of sulfone groups is 1. The maximum absolute atomic E-state index is 11.9. The van der Waals surface area contributed by atoms with Gasteiger partial charge >= 0.3 is 0 Å². The Hall–Kier alpha value is -1.16. The number of nitrogens with one attached hydrogen (secondary N) is 1.